The van der Waals surface area contributed by atoms with E-state index in [1.54, 1.807) is 6.07 Å². The molecule has 0 bridgehead atoms. The smallest absolute Gasteiger partial charge is 0.162 e. The Morgan fingerprint density at radius 1 is 1.37 bits per heavy atom. The van der Waals surface area contributed by atoms with Gasteiger partial charge in [-0.1, -0.05) is 11.6 Å². The van der Waals surface area contributed by atoms with Crippen LogP contribution >= 0.6 is 11.6 Å². The molecule has 0 radical (unpaired) electrons. The van der Waals surface area contributed by atoms with E-state index in [0.29, 0.717) is 30.2 Å². The van der Waals surface area contributed by atoms with E-state index in [-0.39, 0.29) is 0 Å². The van der Waals surface area contributed by atoms with Crippen LogP contribution in [-0.2, 0) is 6.54 Å². The van der Waals surface area contributed by atoms with Gasteiger partial charge in [-0.3, -0.25) is 0 Å². The molecule has 0 spiro atoms. The predicted molar refractivity (Wildman–Crippen MR) is 73.1 cm³/mol. The fraction of sp³-hybridized carbons (Fsp3) is 0.538. The van der Waals surface area contributed by atoms with Crippen LogP contribution in [0.5, 0.6) is 0 Å². The Morgan fingerprint density at radius 3 is 2.84 bits per heavy atom. The molecule has 19 heavy (non-hydrogen) atoms. The predicted octanol–water partition coefficient (Wildman–Crippen LogP) is 2.52. The number of nitrogens with zero attached hydrogens (tertiary/aromatic N) is 4. The van der Waals surface area contributed by atoms with Gasteiger partial charge in [-0.25, -0.2) is 4.39 Å². The van der Waals surface area contributed by atoms with Crippen molar-refractivity contribution in [1.82, 2.24) is 19.7 Å². The van der Waals surface area contributed by atoms with Crippen LogP contribution in [0.4, 0.5) is 4.39 Å². The summed E-state index contributed by atoms with van der Waals surface area (Å²) in [6.45, 7) is 1.93. The summed E-state index contributed by atoms with van der Waals surface area (Å²) >= 11 is 5.80. The Morgan fingerprint density at radius 2 is 2.11 bits per heavy atom. The molecule has 0 saturated carbocycles. The molecule has 2 aromatic heterocycles. The lowest BCUT2D eigenvalue weighted by Gasteiger charge is -2.34. The SMILES string of the molecule is CN1CCC(F)(Cn2ccc3cc(Cl)nnc32)CC1. The average Bonchev–Trinajstić information content (AvgIpc) is 2.76. The van der Waals surface area contributed by atoms with E-state index >= 15 is 0 Å². The number of rotatable bonds is 2. The van der Waals surface area contributed by atoms with E-state index in [4.69, 9.17) is 11.6 Å². The number of likely N-dealkylation sites (tertiary alicyclic amines) is 1. The van der Waals surface area contributed by atoms with E-state index in [1.807, 2.05) is 23.9 Å². The number of halogens is 2. The molecular weight excluding hydrogens is 267 g/mol. The lowest BCUT2D eigenvalue weighted by atomic mass is 9.93. The lowest BCUT2D eigenvalue weighted by Crippen LogP contribution is -2.42. The highest BCUT2D eigenvalue weighted by atomic mass is 35.5. The van der Waals surface area contributed by atoms with Gasteiger partial charge in [0.25, 0.3) is 0 Å². The van der Waals surface area contributed by atoms with Crippen molar-refractivity contribution in [1.29, 1.82) is 0 Å². The van der Waals surface area contributed by atoms with Gasteiger partial charge in [0.2, 0.25) is 0 Å². The van der Waals surface area contributed by atoms with Crippen LogP contribution in [0.25, 0.3) is 11.0 Å². The zero-order valence-corrected chi connectivity index (χ0v) is 11.6. The molecule has 1 aliphatic heterocycles. The van der Waals surface area contributed by atoms with Crippen molar-refractivity contribution in [2.45, 2.75) is 25.1 Å². The first-order valence-electron chi connectivity index (χ1n) is 6.41. The van der Waals surface area contributed by atoms with Crippen LogP contribution in [0.15, 0.2) is 18.3 Å². The second-order valence-corrected chi connectivity index (χ2v) is 5.73. The van der Waals surface area contributed by atoms with Crippen molar-refractivity contribution in [2.75, 3.05) is 20.1 Å². The van der Waals surface area contributed by atoms with Gasteiger partial charge >= 0.3 is 0 Å². The molecule has 0 aliphatic carbocycles. The molecule has 1 aliphatic rings. The van der Waals surface area contributed by atoms with Gasteiger partial charge in [0.15, 0.2) is 10.8 Å². The molecule has 0 N–H and O–H groups in total. The highest BCUT2D eigenvalue weighted by molar-refractivity contribution is 6.29. The first-order valence-corrected chi connectivity index (χ1v) is 6.79. The number of fused-ring (bicyclic) bond motifs is 1. The van der Waals surface area contributed by atoms with E-state index in [1.165, 1.54) is 0 Å². The van der Waals surface area contributed by atoms with E-state index in [9.17, 15) is 4.39 Å². The Kier molecular flexibility index (Phi) is 3.19. The Balaban J connectivity index is 1.85. The maximum Gasteiger partial charge on any atom is 0.162 e. The molecule has 102 valence electrons. The number of aromatic nitrogens is 3. The average molecular weight is 283 g/mol. The molecule has 0 aromatic carbocycles. The second kappa shape index (κ2) is 4.72. The molecule has 0 unspecified atom stereocenters. The standard InChI is InChI=1S/C13H16ClFN4/c1-18-6-3-13(15,4-7-18)9-19-5-2-10-8-11(14)16-17-12(10)19/h2,5,8H,3-4,6-7,9H2,1H3. The van der Waals surface area contributed by atoms with Crippen LogP contribution in [-0.4, -0.2) is 45.5 Å². The van der Waals surface area contributed by atoms with Crippen molar-refractivity contribution in [2.24, 2.45) is 0 Å². The van der Waals surface area contributed by atoms with Gasteiger partial charge in [0, 0.05) is 24.7 Å². The number of hydrogen-bond acceptors (Lipinski definition) is 3. The maximum absolute atomic E-state index is 14.8. The van der Waals surface area contributed by atoms with Gasteiger partial charge in [0.05, 0.1) is 6.54 Å². The number of hydrogen-bond donors (Lipinski definition) is 0. The van der Waals surface area contributed by atoms with Gasteiger partial charge in [-0.2, -0.15) is 0 Å². The van der Waals surface area contributed by atoms with E-state index < -0.39 is 5.67 Å². The third-order valence-electron chi connectivity index (χ3n) is 3.82. The maximum atomic E-state index is 14.8. The fourth-order valence-corrected chi connectivity index (χ4v) is 2.73. The molecule has 2 aromatic rings. The van der Waals surface area contributed by atoms with Crippen molar-refractivity contribution in [3.05, 3.63) is 23.5 Å². The van der Waals surface area contributed by atoms with Gasteiger partial charge in [-0.05, 0) is 32.0 Å². The van der Waals surface area contributed by atoms with Crippen molar-refractivity contribution in [3.63, 3.8) is 0 Å². The lowest BCUT2D eigenvalue weighted by molar-refractivity contribution is 0.0541. The third-order valence-corrected chi connectivity index (χ3v) is 4.00. The summed E-state index contributed by atoms with van der Waals surface area (Å²) in [6.07, 6.45) is 2.98. The Bertz CT molecular complexity index is 589. The summed E-state index contributed by atoms with van der Waals surface area (Å²) in [4.78, 5) is 2.16. The van der Waals surface area contributed by atoms with Gasteiger partial charge in [0.1, 0.15) is 5.67 Å². The molecule has 1 saturated heterocycles. The molecule has 1 fully saturated rings. The second-order valence-electron chi connectivity index (χ2n) is 5.34. The minimum Gasteiger partial charge on any atom is -0.328 e. The van der Waals surface area contributed by atoms with Gasteiger partial charge < -0.3 is 9.47 Å². The van der Waals surface area contributed by atoms with Gasteiger partial charge in [-0.15, -0.1) is 10.2 Å². The minimum absolute atomic E-state index is 0.334. The summed E-state index contributed by atoms with van der Waals surface area (Å²) in [5.74, 6) is 0. The first-order chi connectivity index (χ1) is 9.06. The molecular formula is C13H16ClFN4. The normalized spacial score (nSPS) is 19.9. The van der Waals surface area contributed by atoms with Crippen LogP contribution in [0.2, 0.25) is 5.15 Å². The third kappa shape index (κ3) is 2.58. The first kappa shape index (κ1) is 12.8. The molecule has 3 rings (SSSR count). The van der Waals surface area contributed by atoms with E-state index in [2.05, 4.69) is 15.1 Å². The van der Waals surface area contributed by atoms with Crippen LogP contribution < -0.4 is 0 Å². The molecule has 0 amide bonds. The Hall–Kier alpha value is -1.20. The van der Waals surface area contributed by atoms with Crippen LogP contribution in [0, 0.1) is 0 Å². The zero-order chi connectivity index (χ0) is 13.5. The highest BCUT2D eigenvalue weighted by Crippen LogP contribution is 2.29. The summed E-state index contributed by atoms with van der Waals surface area (Å²) < 4.78 is 16.6. The monoisotopic (exact) mass is 282 g/mol. The molecule has 0 atom stereocenters. The van der Waals surface area contributed by atoms with Crippen molar-refractivity contribution in [3.8, 4) is 0 Å². The van der Waals surface area contributed by atoms with Crippen molar-refractivity contribution < 1.29 is 4.39 Å². The van der Waals surface area contributed by atoms with Crippen LogP contribution in [0.1, 0.15) is 12.8 Å². The summed E-state index contributed by atoms with van der Waals surface area (Å²) in [5.41, 5.74) is -0.458. The number of piperidine rings is 1. The molecule has 4 nitrogen and oxygen atoms in total. The summed E-state index contributed by atoms with van der Waals surface area (Å²) in [5, 5.41) is 9.15. The van der Waals surface area contributed by atoms with Crippen LogP contribution in [0.3, 0.4) is 0 Å². The minimum atomic E-state index is -1.15. The van der Waals surface area contributed by atoms with Crippen molar-refractivity contribution >= 4 is 22.6 Å². The quantitative estimate of drug-likeness (QED) is 0.849. The topological polar surface area (TPSA) is 34.0 Å². The summed E-state index contributed by atoms with van der Waals surface area (Å²) in [7, 11) is 2.03. The molecule has 3 heterocycles. The van der Waals surface area contributed by atoms with E-state index in [0.717, 1.165) is 18.5 Å². The highest BCUT2D eigenvalue weighted by Gasteiger charge is 2.34. The summed E-state index contributed by atoms with van der Waals surface area (Å²) in [6, 6.07) is 3.65. The largest absolute Gasteiger partial charge is 0.328 e. The fourth-order valence-electron chi connectivity index (χ4n) is 2.57. The Labute approximate surface area is 116 Å². The zero-order valence-electron chi connectivity index (χ0n) is 10.8. The molecule has 6 heteroatoms. The number of alkyl halides is 1.